The van der Waals surface area contributed by atoms with E-state index in [0.717, 1.165) is 38.5 Å². The monoisotopic (exact) mass is 457 g/mol. The predicted molar refractivity (Wildman–Crippen MR) is 133 cm³/mol. The lowest BCUT2D eigenvalue weighted by Crippen LogP contribution is -2.49. The molecule has 2 aromatic carbocycles. The smallest absolute Gasteiger partial charge is 0.410 e. The van der Waals surface area contributed by atoms with Crippen molar-refractivity contribution < 1.29 is 14.3 Å². The number of rotatable bonds is 4. The Hall–Kier alpha value is -2.62. The first kappa shape index (κ1) is 21.9. The summed E-state index contributed by atoms with van der Waals surface area (Å²) in [6.07, 6.45) is 10.6. The van der Waals surface area contributed by atoms with Crippen molar-refractivity contribution in [1.82, 2.24) is 4.90 Å². The average molecular weight is 458 g/mol. The third kappa shape index (κ3) is 3.85. The number of fused-ring (bicyclic) bond motifs is 5. The van der Waals surface area contributed by atoms with Gasteiger partial charge in [-0.1, -0.05) is 74.2 Å². The van der Waals surface area contributed by atoms with Crippen molar-refractivity contribution in [2.45, 2.75) is 82.2 Å². The largest absolute Gasteiger partial charge is 0.448 e. The Bertz CT molecular complexity index is 1010. The lowest BCUT2D eigenvalue weighted by Gasteiger charge is -2.38. The van der Waals surface area contributed by atoms with Crippen LogP contribution in [-0.2, 0) is 9.53 Å². The van der Waals surface area contributed by atoms with Crippen molar-refractivity contribution in [3.8, 4) is 11.1 Å². The van der Waals surface area contributed by atoms with E-state index in [2.05, 4.69) is 48.5 Å². The fraction of sp³-hybridized carbons (Fsp3) is 0.533. The van der Waals surface area contributed by atoms with Gasteiger partial charge in [0.15, 0.2) is 0 Å². The summed E-state index contributed by atoms with van der Waals surface area (Å²) >= 11 is 0. The van der Waals surface area contributed by atoms with Crippen LogP contribution in [0.5, 0.6) is 0 Å². The summed E-state index contributed by atoms with van der Waals surface area (Å²) in [5.41, 5.74) is 4.98. The third-order valence-corrected chi connectivity index (χ3v) is 8.94. The molecule has 4 aliphatic rings. The summed E-state index contributed by atoms with van der Waals surface area (Å²) in [6.45, 7) is 0.368. The molecule has 2 heterocycles. The molecule has 2 aliphatic heterocycles. The first-order valence-electron chi connectivity index (χ1n) is 13.4. The Kier molecular flexibility index (Phi) is 5.92. The molecule has 1 amide bonds. The zero-order valence-electron chi connectivity index (χ0n) is 20.0. The van der Waals surface area contributed by atoms with Crippen LogP contribution >= 0.6 is 0 Å². The minimum absolute atomic E-state index is 0.0864. The van der Waals surface area contributed by atoms with Crippen LogP contribution in [0.4, 0.5) is 4.79 Å². The van der Waals surface area contributed by atoms with Crippen molar-refractivity contribution in [3.63, 3.8) is 0 Å². The van der Waals surface area contributed by atoms with Crippen LogP contribution in [-0.4, -0.2) is 35.5 Å². The standard InChI is InChI=1S/C30H35NO3/c32-29(20-9-3-1-2-4-10-20)21-17-22-15-16-23(18-21)31(22)30(33)34-19-28-26-13-7-5-11-24(26)25-12-6-8-14-27(25)28/h5-8,11-14,20-23,28H,1-4,9-10,15-19H2. The molecule has 178 valence electrons. The number of carbonyl (C=O) groups excluding carboxylic acids is 2. The highest BCUT2D eigenvalue weighted by molar-refractivity contribution is 5.84. The number of hydrogen-bond donors (Lipinski definition) is 0. The summed E-state index contributed by atoms with van der Waals surface area (Å²) in [7, 11) is 0. The minimum Gasteiger partial charge on any atom is -0.448 e. The summed E-state index contributed by atoms with van der Waals surface area (Å²) in [6, 6.07) is 17.2. The lowest BCUT2D eigenvalue weighted by atomic mass is 9.80. The second-order valence-electron chi connectivity index (χ2n) is 10.9. The van der Waals surface area contributed by atoms with Crippen LogP contribution in [0.15, 0.2) is 48.5 Å². The summed E-state index contributed by atoms with van der Waals surface area (Å²) in [5.74, 6) is 0.973. The SMILES string of the molecule is O=C(C1CCCCCC1)C1CC2CCC(C1)N2C(=O)OCC1c2ccccc2-c2ccccc21. The second kappa shape index (κ2) is 9.20. The average Bonchev–Trinajstić information content (AvgIpc) is 3.16. The van der Waals surface area contributed by atoms with Gasteiger partial charge in [0.05, 0.1) is 0 Å². The molecule has 0 spiro atoms. The van der Waals surface area contributed by atoms with E-state index in [1.807, 2.05) is 4.90 Å². The summed E-state index contributed by atoms with van der Waals surface area (Å²) in [4.78, 5) is 28.6. The second-order valence-corrected chi connectivity index (χ2v) is 10.9. The summed E-state index contributed by atoms with van der Waals surface area (Å²) in [5, 5.41) is 0. The zero-order valence-corrected chi connectivity index (χ0v) is 20.0. The van der Waals surface area contributed by atoms with E-state index in [1.54, 1.807) is 0 Å². The molecule has 6 rings (SSSR count). The number of piperidine rings is 1. The van der Waals surface area contributed by atoms with Crippen LogP contribution in [0.1, 0.15) is 81.3 Å². The van der Waals surface area contributed by atoms with E-state index in [4.69, 9.17) is 4.74 Å². The maximum Gasteiger partial charge on any atom is 0.410 e. The molecule has 2 unspecified atom stereocenters. The van der Waals surface area contributed by atoms with Gasteiger partial charge in [0.25, 0.3) is 0 Å². The highest BCUT2D eigenvalue weighted by Gasteiger charge is 2.47. The number of ketones is 1. The number of amides is 1. The van der Waals surface area contributed by atoms with Gasteiger partial charge >= 0.3 is 6.09 Å². The Morgan fingerprint density at radius 1 is 0.735 bits per heavy atom. The Labute approximate surface area is 202 Å². The van der Waals surface area contributed by atoms with Crippen molar-refractivity contribution >= 4 is 11.9 Å². The van der Waals surface area contributed by atoms with Crippen LogP contribution in [0.3, 0.4) is 0 Å². The molecule has 4 heteroatoms. The fourth-order valence-electron chi connectivity index (χ4n) is 7.27. The molecule has 3 fully saturated rings. The minimum atomic E-state index is -0.185. The Morgan fingerprint density at radius 2 is 1.29 bits per heavy atom. The Balaban J connectivity index is 1.12. The molecule has 0 aromatic heterocycles. The van der Waals surface area contributed by atoms with Gasteiger partial charge in [0.1, 0.15) is 12.4 Å². The van der Waals surface area contributed by atoms with Crippen LogP contribution in [0.2, 0.25) is 0 Å². The van der Waals surface area contributed by atoms with Crippen molar-refractivity contribution in [1.29, 1.82) is 0 Å². The van der Waals surface area contributed by atoms with Crippen molar-refractivity contribution in [2.24, 2.45) is 11.8 Å². The molecule has 2 aliphatic carbocycles. The van der Waals surface area contributed by atoms with Crippen molar-refractivity contribution in [2.75, 3.05) is 6.61 Å². The maximum absolute atomic E-state index is 13.3. The molecule has 34 heavy (non-hydrogen) atoms. The molecule has 0 radical (unpaired) electrons. The molecule has 2 bridgehead atoms. The molecular weight excluding hydrogens is 422 g/mol. The van der Waals surface area contributed by atoms with Gasteiger partial charge in [0.2, 0.25) is 0 Å². The first-order valence-corrected chi connectivity index (χ1v) is 13.4. The van der Waals surface area contributed by atoms with E-state index < -0.39 is 0 Å². The van der Waals surface area contributed by atoms with E-state index in [1.165, 1.54) is 47.9 Å². The van der Waals surface area contributed by atoms with Gasteiger partial charge in [-0.15, -0.1) is 0 Å². The molecular formula is C30H35NO3. The quantitative estimate of drug-likeness (QED) is 0.479. The topological polar surface area (TPSA) is 46.6 Å². The van der Waals surface area contributed by atoms with Crippen LogP contribution < -0.4 is 0 Å². The van der Waals surface area contributed by atoms with Gasteiger partial charge < -0.3 is 9.64 Å². The number of ether oxygens (including phenoxy) is 1. The number of carbonyl (C=O) groups is 2. The fourth-order valence-corrected chi connectivity index (χ4v) is 7.27. The normalized spacial score (nSPS) is 26.6. The van der Waals surface area contributed by atoms with Gasteiger partial charge in [-0.25, -0.2) is 4.79 Å². The zero-order chi connectivity index (χ0) is 23.1. The van der Waals surface area contributed by atoms with Crippen LogP contribution in [0, 0.1) is 11.8 Å². The molecule has 4 nitrogen and oxygen atoms in total. The molecule has 1 saturated carbocycles. The highest BCUT2D eigenvalue weighted by atomic mass is 16.6. The number of benzene rings is 2. The van der Waals surface area contributed by atoms with Gasteiger partial charge in [-0.3, -0.25) is 4.79 Å². The molecule has 2 saturated heterocycles. The van der Waals surface area contributed by atoms with E-state index in [-0.39, 0.29) is 35.9 Å². The van der Waals surface area contributed by atoms with Crippen LogP contribution in [0.25, 0.3) is 11.1 Å². The highest BCUT2D eigenvalue weighted by Crippen LogP contribution is 2.45. The molecule has 0 N–H and O–H groups in total. The van der Waals surface area contributed by atoms with Gasteiger partial charge in [-0.05, 0) is 60.8 Å². The summed E-state index contributed by atoms with van der Waals surface area (Å²) < 4.78 is 5.99. The van der Waals surface area contributed by atoms with Gasteiger partial charge in [-0.2, -0.15) is 0 Å². The van der Waals surface area contributed by atoms with Gasteiger partial charge in [0, 0.05) is 29.8 Å². The first-order chi connectivity index (χ1) is 16.7. The lowest BCUT2D eigenvalue weighted by molar-refractivity contribution is -0.129. The maximum atomic E-state index is 13.3. The Morgan fingerprint density at radius 3 is 1.88 bits per heavy atom. The molecule has 2 aromatic rings. The van der Waals surface area contributed by atoms with E-state index in [0.29, 0.717) is 12.4 Å². The third-order valence-electron chi connectivity index (χ3n) is 8.94. The predicted octanol–water partition coefficient (Wildman–Crippen LogP) is 6.72. The van der Waals surface area contributed by atoms with Crippen molar-refractivity contribution in [3.05, 3.63) is 59.7 Å². The molecule has 2 atom stereocenters. The number of nitrogens with zero attached hydrogens (tertiary/aromatic N) is 1. The van der Waals surface area contributed by atoms with E-state index >= 15 is 0 Å². The number of Topliss-reactive ketones (excluding diaryl/α,β-unsaturated/α-hetero) is 1. The van der Waals surface area contributed by atoms with E-state index in [9.17, 15) is 9.59 Å². The number of hydrogen-bond acceptors (Lipinski definition) is 3.